The van der Waals surface area contributed by atoms with E-state index < -0.39 is 0 Å². The Morgan fingerprint density at radius 3 is 2.56 bits per heavy atom. The zero-order chi connectivity index (χ0) is 18.4. The number of nitrogens with zero attached hydrogens (tertiary/aromatic N) is 2. The summed E-state index contributed by atoms with van der Waals surface area (Å²) in [7, 11) is 0. The highest BCUT2D eigenvalue weighted by molar-refractivity contribution is 9.10. The summed E-state index contributed by atoms with van der Waals surface area (Å²) in [4.78, 5) is 0. The molecule has 0 aromatic heterocycles. The van der Waals surface area contributed by atoms with Gasteiger partial charge in [-0.2, -0.15) is 5.10 Å². The Bertz CT molecular complexity index is 1020. The van der Waals surface area contributed by atoms with Crippen LogP contribution in [-0.4, -0.2) is 10.7 Å². The molecule has 0 amide bonds. The molecule has 3 nitrogen and oxygen atoms in total. The highest BCUT2D eigenvalue weighted by atomic mass is 79.9. The molecule has 0 saturated carbocycles. The normalized spacial score (nSPS) is 20.5. The lowest BCUT2D eigenvalue weighted by Crippen LogP contribution is -2.33. The van der Waals surface area contributed by atoms with Gasteiger partial charge >= 0.3 is 0 Å². The first-order chi connectivity index (χ1) is 13.2. The molecule has 27 heavy (non-hydrogen) atoms. The number of hydrazone groups is 1. The van der Waals surface area contributed by atoms with Gasteiger partial charge in [-0.05, 0) is 35.9 Å². The maximum absolute atomic E-state index is 13.3. The van der Waals surface area contributed by atoms with Gasteiger partial charge in [0.05, 0.1) is 11.8 Å². The van der Waals surface area contributed by atoms with Crippen LogP contribution in [0.4, 0.5) is 4.39 Å². The predicted octanol–water partition coefficient (Wildman–Crippen LogP) is 5.83. The smallest absolute Gasteiger partial charge is 0.213 e. The molecular formula is C22H16BrFN2O. The van der Waals surface area contributed by atoms with Crippen LogP contribution >= 0.6 is 15.9 Å². The summed E-state index contributed by atoms with van der Waals surface area (Å²) in [5, 5.41) is 6.91. The van der Waals surface area contributed by atoms with Crippen molar-refractivity contribution in [3.8, 4) is 5.75 Å². The van der Waals surface area contributed by atoms with Gasteiger partial charge in [0.1, 0.15) is 11.6 Å². The Kier molecular flexibility index (Phi) is 3.97. The third-order valence-corrected chi connectivity index (χ3v) is 5.51. The van der Waals surface area contributed by atoms with Crippen molar-refractivity contribution >= 4 is 21.6 Å². The zero-order valence-electron chi connectivity index (χ0n) is 14.3. The first-order valence-electron chi connectivity index (χ1n) is 8.82. The quantitative estimate of drug-likeness (QED) is 0.518. The van der Waals surface area contributed by atoms with Crippen molar-refractivity contribution in [2.45, 2.75) is 18.7 Å². The van der Waals surface area contributed by atoms with Crippen molar-refractivity contribution in [1.29, 1.82) is 0 Å². The van der Waals surface area contributed by atoms with E-state index in [1.165, 1.54) is 12.1 Å². The van der Waals surface area contributed by atoms with Gasteiger partial charge in [0.15, 0.2) is 0 Å². The van der Waals surface area contributed by atoms with Gasteiger partial charge in [0, 0.05) is 22.0 Å². The van der Waals surface area contributed by atoms with Crippen LogP contribution in [0.2, 0.25) is 0 Å². The van der Waals surface area contributed by atoms with Gasteiger partial charge in [-0.25, -0.2) is 9.40 Å². The van der Waals surface area contributed by atoms with Crippen LogP contribution in [-0.2, 0) is 0 Å². The lowest BCUT2D eigenvalue weighted by Gasteiger charge is -2.38. The van der Waals surface area contributed by atoms with Gasteiger partial charge in [-0.1, -0.05) is 58.4 Å². The molecule has 0 unspecified atom stereocenters. The van der Waals surface area contributed by atoms with Gasteiger partial charge < -0.3 is 4.74 Å². The van der Waals surface area contributed by atoms with Gasteiger partial charge in [0.2, 0.25) is 6.23 Å². The molecule has 3 aromatic carbocycles. The number of hydrogen-bond acceptors (Lipinski definition) is 3. The van der Waals surface area contributed by atoms with Gasteiger partial charge in [-0.3, -0.25) is 0 Å². The summed E-state index contributed by atoms with van der Waals surface area (Å²) in [6.45, 7) is 0. The Labute approximate surface area is 165 Å². The number of benzene rings is 3. The molecule has 0 spiro atoms. The third kappa shape index (κ3) is 2.92. The first kappa shape index (κ1) is 16.5. The summed E-state index contributed by atoms with van der Waals surface area (Å²) in [5.41, 5.74) is 4.05. The molecule has 0 N–H and O–H groups in total. The molecular weight excluding hydrogens is 407 g/mol. The lowest BCUT2D eigenvalue weighted by molar-refractivity contribution is -0.0190. The van der Waals surface area contributed by atoms with Crippen molar-refractivity contribution in [2.75, 3.05) is 0 Å². The maximum Gasteiger partial charge on any atom is 0.213 e. The Balaban J connectivity index is 1.60. The van der Waals surface area contributed by atoms with E-state index >= 15 is 0 Å². The summed E-state index contributed by atoms with van der Waals surface area (Å²) >= 11 is 3.56. The molecule has 0 bridgehead atoms. The average molecular weight is 423 g/mol. The van der Waals surface area contributed by atoms with Crippen LogP contribution in [0.25, 0.3) is 0 Å². The molecule has 2 aliphatic rings. The van der Waals surface area contributed by atoms with Crippen LogP contribution in [0.5, 0.6) is 5.75 Å². The van der Waals surface area contributed by atoms with Crippen molar-refractivity contribution in [2.24, 2.45) is 5.10 Å². The van der Waals surface area contributed by atoms with E-state index in [1.807, 2.05) is 35.3 Å². The van der Waals surface area contributed by atoms with Crippen LogP contribution < -0.4 is 4.74 Å². The maximum atomic E-state index is 13.3. The largest absolute Gasteiger partial charge is 0.464 e. The van der Waals surface area contributed by atoms with E-state index in [-0.39, 0.29) is 18.1 Å². The van der Waals surface area contributed by atoms with E-state index in [2.05, 4.69) is 34.1 Å². The fourth-order valence-corrected chi connectivity index (χ4v) is 4.09. The zero-order valence-corrected chi connectivity index (χ0v) is 15.9. The highest BCUT2D eigenvalue weighted by Gasteiger charge is 2.40. The van der Waals surface area contributed by atoms with E-state index in [9.17, 15) is 4.39 Å². The monoisotopic (exact) mass is 422 g/mol. The fourth-order valence-electron chi connectivity index (χ4n) is 3.71. The van der Waals surface area contributed by atoms with Crippen molar-refractivity contribution < 1.29 is 9.13 Å². The van der Waals surface area contributed by atoms with E-state index in [1.54, 1.807) is 12.1 Å². The first-order valence-corrected chi connectivity index (χ1v) is 9.61. The topological polar surface area (TPSA) is 24.8 Å². The number of rotatable bonds is 2. The molecule has 2 aliphatic heterocycles. The van der Waals surface area contributed by atoms with E-state index in [0.29, 0.717) is 0 Å². The number of ether oxygens (including phenoxy) is 1. The molecule has 134 valence electrons. The van der Waals surface area contributed by atoms with Crippen molar-refractivity contribution in [3.05, 3.63) is 99.8 Å². The SMILES string of the molecule is Fc1ccc(C2=NN3[C@H](C2)c2cc(Br)ccc2O[C@@H]3c2ccccc2)cc1. The second-order valence-electron chi connectivity index (χ2n) is 6.72. The van der Waals surface area contributed by atoms with Crippen molar-refractivity contribution in [1.82, 2.24) is 5.01 Å². The Hall–Kier alpha value is -2.66. The number of fused-ring (bicyclic) bond motifs is 3. The minimum absolute atomic E-state index is 0.0801. The summed E-state index contributed by atoms with van der Waals surface area (Å²) in [6.07, 6.45) is 0.463. The molecule has 0 radical (unpaired) electrons. The van der Waals surface area contributed by atoms with Crippen molar-refractivity contribution in [3.63, 3.8) is 0 Å². The molecule has 2 atom stereocenters. The predicted molar refractivity (Wildman–Crippen MR) is 106 cm³/mol. The van der Waals surface area contributed by atoms with Crippen LogP contribution in [0.3, 0.4) is 0 Å². The standard InChI is InChI=1S/C22H16BrFN2O/c23-16-8-11-21-18(12-16)20-13-19(14-6-9-17(24)10-7-14)25-26(20)22(27-21)15-4-2-1-3-5-15/h1-12,20,22H,13H2/t20-,22-/m1/s1. The van der Waals surface area contributed by atoms with E-state index in [0.717, 1.165) is 39.0 Å². The fraction of sp³-hybridized carbons (Fsp3) is 0.136. The minimum Gasteiger partial charge on any atom is -0.464 e. The molecule has 0 saturated heterocycles. The summed E-state index contributed by atoms with van der Waals surface area (Å²) in [6, 6.07) is 22.8. The number of halogens is 2. The minimum atomic E-state index is -0.289. The summed E-state index contributed by atoms with van der Waals surface area (Å²) < 4.78 is 20.7. The van der Waals surface area contributed by atoms with E-state index in [4.69, 9.17) is 9.84 Å². The number of hydrogen-bond donors (Lipinski definition) is 0. The lowest BCUT2D eigenvalue weighted by atomic mass is 9.96. The molecule has 2 heterocycles. The molecule has 5 rings (SSSR count). The second kappa shape index (κ2) is 6.50. The van der Waals surface area contributed by atoms with Crippen LogP contribution in [0.1, 0.15) is 35.4 Å². The third-order valence-electron chi connectivity index (χ3n) is 5.01. The van der Waals surface area contributed by atoms with Gasteiger partial charge in [0.25, 0.3) is 0 Å². The molecule has 5 heteroatoms. The average Bonchev–Trinajstić information content (AvgIpc) is 3.14. The van der Waals surface area contributed by atoms with Crippen LogP contribution in [0, 0.1) is 5.82 Å². The molecule has 0 aliphatic carbocycles. The molecule has 3 aromatic rings. The second-order valence-corrected chi connectivity index (χ2v) is 7.63. The Morgan fingerprint density at radius 2 is 1.78 bits per heavy atom. The van der Waals surface area contributed by atoms with Crippen LogP contribution in [0.15, 0.2) is 82.4 Å². The molecule has 0 fully saturated rings. The van der Waals surface area contributed by atoms with Gasteiger partial charge in [-0.15, -0.1) is 0 Å². The highest BCUT2D eigenvalue weighted by Crippen LogP contribution is 2.48. The summed E-state index contributed by atoms with van der Waals surface area (Å²) in [5.74, 6) is 0.638. The Morgan fingerprint density at radius 1 is 1.00 bits per heavy atom.